The van der Waals surface area contributed by atoms with Crippen molar-refractivity contribution in [2.45, 2.75) is 52.6 Å². The van der Waals surface area contributed by atoms with Crippen LogP contribution in [-0.4, -0.2) is 19.1 Å². The van der Waals surface area contributed by atoms with Gasteiger partial charge in [-0.2, -0.15) is 0 Å². The van der Waals surface area contributed by atoms with E-state index < -0.39 is 0 Å². The number of piperidine rings is 1. The van der Waals surface area contributed by atoms with Crippen LogP contribution < -0.4 is 10.2 Å². The number of nitrogens with one attached hydrogen (secondary N) is 1. The molecule has 0 bridgehead atoms. The second-order valence-electron chi connectivity index (χ2n) is 5.98. The van der Waals surface area contributed by atoms with Crippen LogP contribution in [0.25, 0.3) is 0 Å². The number of para-hydroxylation sites is 1. The average Bonchev–Trinajstić information content (AvgIpc) is 2.43. The zero-order chi connectivity index (χ0) is 14.5. The molecular formula is C17H27FN2. The summed E-state index contributed by atoms with van der Waals surface area (Å²) in [6.45, 7) is 9.33. The quantitative estimate of drug-likeness (QED) is 0.820. The molecule has 0 amide bonds. The molecule has 2 nitrogen and oxygen atoms in total. The van der Waals surface area contributed by atoms with E-state index >= 15 is 0 Å². The first-order valence-electron chi connectivity index (χ1n) is 7.90. The van der Waals surface area contributed by atoms with Gasteiger partial charge >= 0.3 is 0 Å². The Morgan fingerprint density at radius 1 is 1.35 bits per heavy atom. The highest BCUT2D eigenvalue weighted by molar-refractivity contribution is 5.56. The van der Waals surface area contributed by atoms with Gasteiger partial charge in [-0.25, -0.2) is 4.39 Å². The van der Waals surface area contributed by atoms with Crippen LogP contribution in [0.4, 0.5) is 10.1 Å². The van der Waals surface area contributed by atoms with Crippen molar-refractivity contribution in [1.29, 1.82) is 0 Å². The van der Waals surface area contributed by atoms with Gasteiger partial charge in [0.2, 0.25) is 0 Å². The number of hydrogen-bond acceptors (Lipinski definition) is 2. The SMILES string of the molecule is CCCNCc1cccc(F)c1N1CCCC(C)C1C. The normalized spacial score (nSPS) is 23.1. The van der Waals surface area contributed by atoms with Crippen LogP contribution in [-0.2, 0) is 6.54 Å². The molecule has 1 N–H and O–H groups in total. The molecule has 0 saturated carbocycles. The number of halogens is 1. The summed E-state index contributed by atoms with van der Waals surface area (Å²) in [7, 11) is 0. The smallest absolute Gasteiger partial charge is 0.146 e. The second-order valence-corrected chi connectivity index (χ2v) is 5.98. The largest absolute Gasteiger partial charge is 0.366 e. The Labute approximate surface area is 122 Å². The third kappa shape index (κ3) is 3.32. The van der Waals surface area contributed by atoms with E-state index in [4.69, 9.17) is 0 Å². The third-order valence-electron chi connectivity index (χ3n) is 4.47. The number of rotatable bonds is 5. The molecule has 1 fully saturated rings. The first-order chi connectivity index (χ1) is 9.65. The molecule has 0 radical (unpaired) electrons. The molecule has 112 valence electrons. The highest BCUT2D eigenvalue weighted by Gasteiger charge is 2.28. The number of anilines is 1. The Balaban J connectivity index is 2.24. The van der Waals surface area contributed by atoms with Crippen LogP contribution in [0.15, 0.2) is 18.2 Å². The summed E-state index contributed by atoms with van der Waals surface area (Å²) in [4.78, 5) is 2.27. The maximum Gasteiger partial charge on any atom is 0.146 e. The van der Waals surface area contributed by atoms with Crippen LogP contribution in [0, 0.1) is 11.7 Å². The summed E-state index contributed by atoms with van der Waals surface area (Å²) < 4.78 is 14.4. The summed E-state index contributed by atoms with van der Waals surface area (Å²) >= 11 is 0. The fourth-order valence-corrected chi connectivity index (χ4v) is 3.08. The highest BCUT2D eigenvalue weighted by Crippen LogP contribution is 2.32. The second kappa shape index (κ2) is 7.07. The lowest BCUT2D eigenvalue weighted by Gasteiger charge is -2.40. The zero-order valence-corrected chi connectivity index (χ0v) is 13.0. The Morgan fingerprint density at radius 3 is 2.90 bits per heavy atom. The summed E-state index contributed by atoms with van der Waals surface area (Å²) in [5.74, 6) is 0.543. The van der Waals surface area contributed by atoms with Gasteiger partial charge in [0.15, 0.2) is 0 Å². The van der Waals surface area contributed by atoms with Gasteiger partial charge in [0, 0.05) is 19.1 Å². The minimum atomic E-state index is -0.0817. The van der Waals surface area contributed by atoms with Crippen molar-refractivity contribution in [2.75, 3.05) is 18.0 Å². The van der Waals surface area contributed by atoms with Gasteiger partial charge < -0.3 is 10.2 Å². The van der Waals surface area contributed by atoms with Crippen molar-refractivity contribution in [3.63, 3.8) is 0 Å². The molecule has 1 aliphatic heterocycles. The lowest BCUT2D eigenvalue weighted by Crippen LogP contribution is -2.43. The van der Waals surface area contributed by atoms with Crippen molar-refractivity contribution >= 4 is 5.69 Å². The van der Waals surface area contributed by atoms with Gasteiger partial charge in [-0.15, -0.1) is 0 Å². The molecule has 20 heavy (non-hydrogen) atoms. The van der Waals surface area contributed by atoms with Crippen molar-refractivity contribution < 1.29 is 4.39 Å². The van der Waals surface area contributed by atoms with Crippen LogP contribution in [0.3, 0.4) is 0 Å². The Hall–Kier alpha value is -1.09. The van der Waals surface area contributed by atoms with Crippen molar-refractivity contribution in [2.24, 2.45) is 5.92 Å². The summed E-state index contributed by atoms with van der Waals surface area (Å²) in [6.07, 6.45) is 3.50. The van der Waals surface area contributed by atoms with Gasteiger partial charge in [0.25, 0.3) is 0 Å². The molecule has 0 aromatic heterocycles. The van der Waals surface area contributed by atoms with E-state index in [2.05, 4.69) is 31.0 Å². The summed E-state index contributed by atoms with van der Waals surface area (Å²) in [5.41, 5.74) is 1.90. The molecule has 0 aliphatic carbocycles. The Kier molecular flexibility index (Phi) is 5.41. The monoisotopic (exact) mass is 278 g/mol. The predicted octanol–water partition coefficient (Wildman–Crippen LogP) is 3.95. The van der Waals surface area contributed by atoms with Gasteiger partial charge in [0.05, 0.1) is 5.69 Å². The fourth-order valence-electron chi connectivity index (χ4n) is 3.08. The standard InChI is InChI=1S/C17H27FN2/c1-4-10-19-12-15-8-5-9-16(18)17(15)20-11-6-7-13(2)14(20)3/h5,8-9,13-14,19H,4,6-7,10-12H2,1-3H3. The van der Waals surface area contributed by atoms with Gasteiger partial charge in [-0.1, -0.05) is 26.0 Å². The number of hydrogen-bond donors (Lipinski definition) is 1. The summed E-state index contributed by atoms with van der Waals surface area (Å²) in [5, 5.41) is 3.39. The first-order valence-corrected chi connectivity index (χ1v) is 7.90. The van der Waals surface area contributed by atoms with Gasteiger partial charge in [0.1, 0.15) is 5.82 Å². The van der Waals surface area contributed by atoms with Crippen LogP contribution in [0.2, 0.25) is 0 Å². The highest BCUT2D eigenvalue weighted by atomic mass is 19.1. The lowest BCUT2D eigenvalue weighted by atomic mass is 9.91. The van der Waals surface area contributed by atoms with E-state index in [1.165, 1.54) is 6.42 Å². The van der Waals surface area contributed by atoms with E-state index in [-0.39, 0.29) is 5.82 Å². The molecule has 1 aromatic carbocycles. The molecule has 2 rings (SSSR count). The van der Waals surface area contributed by atoms with Crippen molar-refractivity contribution in [3.05, 3.63) is 29.6 Å². The van der Waals surface area contributed by atoms with E-state index in [0.29, 0.717) is 12.0 Å². The minimum absolute atomic E-state index is 0.0817. The van der Waals surface area contributed by atoms with Gasteiger partial charge in [-0.05, 0) is 50.3 Å². The molecule has 1 aliphatic rings. The van der Waals surface area contributed by atoms with Gasteiger partial charge in [-0.3, -0.25) is 0 Å². The molecule has 1 saturated heterocycles. The molecule has 1 heterocycles. The Bertz CT molecular complexity index is 433. The van der Waals surface area contributed by atoms with Crippen molar-refractivity contribution in [1.82, 2.24) is 5.32 Å². The lowest BCUT2D eigenvalue weighted by molar-refractivity contribution is 0.359. The molecule has 0 spiro atoms. The molecule has 2 atom stereocenters. The average molecular weight is 278 g/mol. The van der Waals surface area contributed by atoms with Crippen LogP contribution in [0.1, 0.15) is 45.6 Å². The third-order valence-corrected chi connectivity index (χ3v) is 4.47. The summed E-state index contributed by atoms with van der Waals surface area (Å²) in [6, 6.07) is 5.86. The van der Waals surface area contributed by atoms with E-state index in [1.54, 1.807) is 6.07 Å². The zero-order valence-electron chi connectivity index (χ0n) is 13.0. The van der Waals surface area contributed by atoms with Crippen LogP contribution in [0.5, 0.6) is 0 Å². The number of benzene rings is 1. The molecule has 3 heteroatoms. The van der Waals surface area contributed by atoms with E-state index in [0.717, 1.165) is 43.7 Å². The van der Waals surface area contributed by atoms with Crippen molar-refractivity contribution in [3.8, 4) is 0 Å². The topological polar surface area (TPSA) is 15.3 Å². The number of nitrogens with zero attached hydrogens (tertiary/aromatic N) is 1. The van der Waals surface area contributed by atoms with Crippen LogP contribution >= 0.6 is 0 Å². The Morgan fingerprint density at radius 2 is 2.15 bits per heavy atom. The first kappa shape index (κ1) is 15.3. The molecule has 1 aromatic rings. The maximum absolute atomic E-state index is 14.4. The fraction of sp³-hybridized carbons (Fsp3) is 0.647. The maximum atomic E-state index is 14.4. The molecular weight excluding hydrogens is 251 g/mol. The van der Waals surface area contributed by atoms with E-state index in [9.17, 15) is 4.39 Å². The molecule has 2 unspecified atom stereocenters. The minimum Gasteiger partial charge on any atom is -0.366 e. The van der Waals surface area contributed by atoms with E-state index in [1.807, 2.05) is 12.1 Å². The predicted molar refractivity (Wildman–Crippen MR) is 83.6 cm³/mol.